The van der Waals surface area contributed by atoms with E-state index in [9.17, 15) is 0 Å². The molecule has 1 atom stereocenters. The molecule has 0 spiro atoms. The highest BCUT2D eigenvalue weighted by Crippen LogP contribution is 2.36. The number of hydrogen-bond acceptors (Lipinski definition) is 2. The third kappa shape index (κ3) is 3.06. The summed E-state index contributed by atoms with van der Waals surface area (Å²) in [6.45, 7) is 9.04. The van der Waals surface area contributed by atoms with E-state index in [1.807, 2.05) is 18.2 Å². The molecule has 0 aliphatic rings. The molecule has 0 aliphatic carbocycles. The summed E-state index contributed by atoms with van der Waals surface area (Å²) in [4.78, 5) is 0. The maximum Gasteiger partial charge on any atom is 0.153 e. The Morgan fingerprint density at radius 3 is 2.55 bits per heavy atom. The van der Waals surface area contributed by atoms with Gasteiger partial charge in [-0.15, -0.1) is 0 Å². The number of anilines is 1. The van der Waals surface area contributed by atoms with Crippen LogP contribution in [0.4, 0.5) is 5.82 Å². The molecule has 4 heteroatoms. The van der Waals surface area contributed by atoms with E-state index in [-0.39, 0.29) is 5.41 Å². The van der Waals surface area contributed by atoms with Gasteiger partial charge in [0, 0.05) is 21.3 Å². The first-order valence-corrected chi connectivity index (χ1v) is 7.67. The molecule has 3 N–H and O–H groups in total. The van der Waals surface area contributed by atoms with E-state index < -0.39 is 0 Å². The van der Waals surface area contributed by atoms with Crippen molar-refractivity contribution in [3.05, 3.63) is 34.4 Å². The van der Waals surface area contributed by atoms with Crippen LogP contribution < -0.4 is 5.73 Å². The Morgan fingerprint density at radius 2 is 1.95 bits per heavy atom. The van der Waals surface area contributed by atoms with Gasteiger partial charge in [0.15, 0.2) is 5.82 Å². The number of halogens is 1. The molecule has 2 rings (SSSR count). The smallest absolute Gasteiger partial charge is 0.153 e. The van der Waals surface area contributed by atoms with Gasteiger partial charge in [-0.2, -0.15) is 5.10 Å². The van der Waals surface area contributed by atoms with Crippen LogP contribution in [0.25, 0.3) is 11.1 Å². The van der Waals surface area contributed by atoms with Crippen molar-refractivity contribution in [3.8, 4) is 11.1 Å². The fraction of sp³-hybridized carbons (Fsp3) is 0.438. The molecule has 1 unspecified atom stereocenters. The van der Waals surface area contributed by atoms with Crippen molar-refractivity contribution in [3.63, 3.8) is 0 Å². The number of H-pyrrole nitrogens is 1. The standard InChI is InChI=1S/C16H22BrN3/c1-10(16(2,3)4)9-13-14(15(18)20-19-13)11-7-5-6-8-12(11)17/h5-8,10H,9H2,1-4H3,(H3,18,19,20). The fourth-order valence-electron chi connectivity index (χ4n) is 2.12. The zero-order valence-corrected chi connectivity index (χ0v) is 14.1. The summed E-state index contributed by atoms with van der Waals surface area (Å²) in [5.74, 6) is 1.09. The van der Waals surface area contributed by atoms with Gasteiger partial charge in [0.25, 0.3) is 0 Å². The Balaban J connectivity index is 2.41. The Kier molecular flexibility index (Phi) is 4.23. The highest BCUT2D eigenvalue weighted by molar-refractivity contribution is 9.10. The van der Waals surface area contributed by atoms with Crippen molar-refractivity contribution in [1.29, 1.82) is 0 Å². The van der Waals surface area contributed by atoms with E-state index in [0.29, 0.717) is 11.7 Å². The van der Waals surface area contributed by atoms with Gasteiger partial charge >= 0.3 is 0 Å². The van der Waals surface area contributed by atoms with Crippen LogP contribution in [0.1, 0.15) is 33.4 Å². The first-order chi connectivity index (χ1) is 9.30. The van der Waals surface area contributed by atoms with Crippen LogP contribution in [-0.2, 0) is 6.42 Å². The molecule has 108 valence electrons. The van der Waals surface area contributed by atoms with Gasteiger partial charge in [0.05, 0.1) is 0 Å². The maximum absolute atomic E-state index is 6.06. The normalized spacial score (nSPS) is 13.4. The number of hydrogen-bond donors (Lipinski definition) is 2. The van der Waals surface area contributed by atoms with Crippen LogP contribution >= 0.6 is 15.9 Å². The number of nitrogens with two attached hydrogens (primary N) is 1. The number of aromatic amines is 1. The van der Waals surface area contributed by atoms with Crippen molar-refractivity contribution in [2.45, 2.75) is 34.1 Å². The quantitative estimate of drug-likeness (QED) is 0.857. The number of benzene rings is 1. The van der Waals surface area contributed by atoms with Crippen LogP contribution in [0, 0.1) is 11.3 Å². The first-order valence-electron chi connectivity index (χ1n) is 6.88. The Morgan fingerprint density at radius 1 is 1.30 bits per heavy atom. The molecule has 0 aliphatic heterocycles. The van der Waals surface area contributed by atoms with E-state index >= 15 is 0 Å². The molecule has 0 saturated carbocycles. The lowest BCUT2D eigenvalue weighted by Crippen LogP contribution is -2.19. The first kappa shape index (κ1) is 15.1. The minimum absolute atomic E-state index is 0.255. The average molecular weight is 336 g/mol. The third-order valence-corrected chi connectivity index (χ3v) is 4.69. The van der Waals surface area contributed by atoms with Crippen molar-refractivity contribution in [2.24, 2.45) is 11.3 Å². The molecule has 1 aromatic heterocycles. The summed E-state index contributed by atoms with van der Waals surface area (Å²) >= 11 is 3.59. The van der Waals surface area contributed by atoms with Gasteiger partial charge in [-0.3, -0.25) is 5.10 Å². The van der Waals surface area contributed by atoms with Gasteiger partial charge in [0.1, 0.15) is 0 Å². The molecule has 3 nitrogen and oxygen atoms in total. The van der Waals surface area contributed by atoms with Crippen molar-refractivity contribution >= 4 is 21.7 Å². The molecular formula is C16H22BrN3. The Labute approximate surface area is 129 Å². The summed E-state index contributed by atoms with van der Waals surface area (Å²) in [5, 5.41) is 7.31. The van der Waals surface area contributed by atoms with E-state index in [4.69, 9.17) is 5.73 Å². The summed E-state index contributed by atoms with van der Waals surface area (Å²) in [7, 11) is 0. The van der Waals surface area contributed by atoms with Crippen molar-refractivity contribution in [1.82, 2.24) is 10.2 Å². The topological polar surface area (TPSA) is 54.7 Å². The number of rotatable bonds is 3. The summed E-state index contributed by atoms with van der Waals surface area (Å²) in [5.41, 5.74) is 9.54. The lowest BCUT2D eigenvalue weighted by Gasteiger charge is -2.27. The van der Waals surface area contributed by atoms with Crippen LogP contribution in [0.15, 0.2) is 28.7 Å². The number of aromatic nitrogens is 2. The summed E-state index contributed by atoms with van der Waals surface area (Å²) in [6, 6.07) is 8.11. The van der Waals surface area contributed by atoms with Gasteiger partial charge in [-0.1, -0.05) is 61.8 Å². The second-order valence-electron chi connectivity index (χ2n) is 6.41. The van der Waals surface area contributed by atoms with Crippen LogP contribution in [-0.4, -0.2) is 10.2 Å². The SMILES string of the molecule is CC(Cc1[nH]nc(N)c1-c1ccccc1Br)C(C)(C)C. The van der Waals surface area contributed by atoms with Crippen LogP contribution in [0.2, 0.25) is 0 Å². The van der Waals surface area contributed by atoms with Crippen LogP contribution in [0.3, 0.4) is 0 Å². The molecule has 0 saturated heterocycles. The molecule has 1 aromatic carbocycles. The van der Waals surface area contributed by atoms with Crippen molar-refractivity contribution in [2.75, 3.05) is 5.73 Å². The number of nitrogens with zero attached hydrogens (tertiary/aromatic N) is 1. The van der Waals surface area contributed by atoms with Gasteiger partial charge in [-0.25, -0.2) is 0 Å². The molecule has 1 heterocycles. The Bertz CT molecular complexity index is 596. The highest BCUT2D eigenvalue weighted by Gasteiger charge is 2.24. The van der Waals surface area contributed by atoms with Gasteiger partial charge in [-0.05, 0) is 23.8 Å². The highest BCUT2D eigenvalue weighted by atomic mass is 79.9. The van der Waals surface area contributed by atoms with E-state index in [2.05, 4.69) is 59.9 Å². The molecule has 0 fully saturated rings. The van der Waals surface area contributed by atoms with E-state index in [1.165, 1.54) is 0 Å². The number of nitrogen functional groups attached to an aromatic ring is 1. The lowest BCUT2D eigenvalue weighted by molar-refractivity contribution is 0.258. The lowest BCUT2D eigenvalue weighted by atomic mass is 9.79. The zero-order valence-electron chi connectivity index (χ0n) is 12.5. The molecule has 0 radical (unpaired) electrons. The van der Waals surface area contributed by atoms with E-state index in [1.54, 1.807) is 0 Å². The largest absolute Gasteiger partial charge is 0.382 e. The molecular weight excluding hydrogens is 314 g/mol. The second-order valence-corrected chi connectivity index (χ2v) is 7.27. The number of nitrogens with one attached hydrogen (secondary N) is 1. The van der Waals surface area contributed by atoms with Crippen molar-refractivity contribution < 1.29 is 0 Å². The average Bonchev–Trinajstić information content (AvgIpc) is 2.70. The summed E-state index contributed by atoms with van der Waals surface area (Å²) in [6.07, 6.45) is 0.935. The minimum atomic E-state index is 0.255. The molecule has 20 heavy (non-hydrogen) atoms. The van der Waals surface area contributed by atoms with Crippen LogP contribution in [0.5, 0.6) is 0 Å². The van der Waals surface area contributed by atoms with Gasteiger partial charge < -0.3 is 5.73 Å². The third-order valence-electron chi connectivity index (χ3n) is 4.00. The van der Waals surface area contributed by atoms with Gasteiger partial charge in [0.2, 0.25) is 0 Å². The monoisotopic (exact) mass is 335 g/mol. The predicted octanol–water partition coefficient (Wildman–Crippen LogP) is 4.65. The predicted molar refractivity (Wildman–Crippen MR) is 88.5 cm³/mol. The zero-order chi connectivity index (χ0) is 14.9. The maximum atomic E-state index is 6.06. The molecule has 2 aromatic rings. The molecule has 0 amide bonds. The van der Waals surface area contributed by atoms with E-state index in [0.717, 1.165) is 27.7 Å². The fourth-order valence-corrected chi connectivity index (χ4v) is 2.60. The second kappa shape index (κ2) is 5.60. The Hall–Kier alpha value is -1.29. The molecule has 0 bridgehead atoms. The summed E-state index contributed by atoms with van der Waals surface area (Å²) < 4.78 is 1.04. The minimum Gasteiger partial charge on any atom is -0.382 e.